The van der Waals surface area contributed by atoms with E-state index in [2.05, 4.69) is 24.3 Å². The number of thioether (sulfide) groups is 1. The molecule has 1 aromatic heterocycles. The molecule has 2 nitrogen and oxygen atoms in total. The Labute approximate surface area is 119 Å². The molecule has 0 aliphatic rings. The predicted molar refractivity (Wildman–Crippen MR) is 80.4 cm³/mol. The lowest BCUT2D eigenvalue weighted by molar-refractivity contribution is 0.603. The summed E-state index contributed by atoms with van der Waals surface area (Å²) in [6.45, 7) is 0. The van der Waals surface area contributed by atoms with Crippen molar-refractivity contribution in [1.29, 1.82) is 0 Å². The van der Waals surface area contributed by atoms with Crippen LogP contribution in [0.2, 0.25) is 0 Å². The van der Waals surface area contributed by atoms with Crippen LogP contribution in [0.1, 0.15) is 5.56 Å². The Kier molecular flexibility index (Phi) is 5.00. The maximum absolute atomic E-state index is 11.9. The van der Waals surface area contributed by atoms with Crippen LogP contribution in [-0.2, 0) is 16.7 Å². The third-order valence-corrected chi connectivity index (χ3v) is 6.00. The number of thiophene rings is 1. The summed E-state index contributed by atoms with van der Waals surface area (Å²) in [6, 6.07) is 12.4. The van der Waals surface area contributed by atoms with Gasteiger partial charge in [-0.25, -0.2) is 8.51 Å². The van der Waals surface area contributed by atoms with Gasteiger partial charge in [-0.15, -0.1) is 23.1 Å². The largest absolute Gasteiger partial charge is 0.237 e. The maximum Gasteiger partial charge on any atom is 0.127 e. The first kappa shape index (κ1) is 13.8. The van der Waals surface area contributed by atoms with Gasteiger partial charge < -0.3 is 0 Å². The van der Waals surface area contributed by atoms with Crippen LogP contribution in [0.4, 0.5) is 0 Å². The average molecular weight is 297 g/mol. The van der Waals surface area contributed by atoms with E-state index >= 15 is 0 Å². The molecule has 0 amide bonds. The van der Waals surface area contributed by atoms with E-state index in [1.54, 1.807) is 27.4 Å². The molecule has 0 aliphatic carbocycles. The zero-order valence-electron chi connectivity index (χ0n) is 10.3. The molecule has 18 heavy (non-hydrogen) atoms. The zero-order valence-corrected chi connectivity index (χ0v) is 12.8. The van der Waals surface area contributed by atoms with Gasteiger partial charge in [-0.3, -0.25) is 0 Å². The van der Waals surface area contributed by atoms with Crippen molar-refractivity contribution in [3.8, 4) is 0 Å². The Balaban J connectivity index is 1.97. The van der Waals surface area contributed by atoms with E-state index in [9.17, 15) is 4.21 Å². The third kappa shape index (κ3) is 3.68. The Morgan fingerprint density at radius 2 is 2.00 bits per heavy atom. The van der Waals surface area contributed by atoms with E-state index in [1.165, 1.54) is 9.77 Å². The lowest BCUT2D eigenvalue weighted by atomic mass is 10.2. The molecule has 0 spiro atoms. The predicted octanol–water partition coefficient (Wildman–Crippen LogP) is 3.62. The van der Waals surface area contributed by atoms with Crippen molar-refractivity contribution in [2.24, 2.45) is 0 Å². The molecule has 0 aliphatic heterocycles. The molecule has 1 unspecified atom stereocenters. The van der Waals surface area contributed by atoms with Gasteiger partial charge in [0.2, 0.25) is 0 Å². The molecule has 0 saturated carbocycles. The van der Waals surface area contributed by atoms with Crippen LogP contribution in [0.15, 0.2) is 50.9 Å². The third-order valence-electron chi connectivity index (χ3n) is 2.31. The van der Waals surface area contributed by atoms with E-state index in [0.717, 1.165) is 10.6 Å². The quantitative estimate of drug-likeness (QED) is 0.786. The summed E-state index contributed by atoms with van der Waals surface area (Å²) in [4.78, 5) is 0.889. The van der Waals surface area contributed by atoms with E-state index in [4.69, 9.17) is 0 Å². The lowest BCUT2D eigenvalue weighted by Crippen LogP contribution is -2.14. The summed E-state index contributed by atoms with van der Waals surface area (Å²) in [6.07, 6.45) is 0. The molecule has 0 saturated heterocycles. The molecular formula is C13H15NOS3. The van der Waals surface area contributed by atoms with Gasteiger partial charge in [0.25, 0.3) is 0 Å². The fourth-order valence-electron chi connectivity index (χ4n) is 1.41. The number of rotatable bonds is 5. The van der Waals surface area contributed by atoms with Gasteiger partial charge in [0.05, 0.1) is 9.10 Å². The second-order valence-electron chi connectivity index (χ2n) is 3.94. The highest BCUT2D eigenvalue weighted by Crippen LogP contribution is 2.30. The van der Waals surface area contributed by atoms with Gasteiger partial charge in [-0.1, -0.05) is 30.3 Å². The van der Waals surface area contributed by atoms with Crippen molar-refractivity contribution in [2.75, 3.05) is 14.1 Å². The fourth-order valence-corrected chi connectivity index (χ4v) is 4.47. The van der Waals surface area contributed by atoms with Crippen molar-refractivity contribution in [3.05, 3.63) is 47.3 Å². The molecule has 1 aromatic carbocycles. The summed E-state index contributed by atoms with van der Waals surface area (Å²) < 4.78 is 14.8. The summed E-state index contributed by atoms with van der Waals surface area (Å²) in [5.74, 6) is 0.954. The number of hydrogen-bond donors (Lipinski definition) is 0. The number of nitrogens with zero attached hydrogens (tertiary/aromatic N) is 1. The summed E-state index contributed by atoms with van der Waals surface area (Å²) in [5.41, 5.74) is 1.31. The standard InChI is InChI=1S/C13H15NOS3/c1-14(2)18(15)12-8-13(17-10-12)16-9-11-6-4-3-5-7-11/h3-8,10H,9H2,1-2H3. The normalized spacial score (nSPS) is 12.8. The first-order valence-corrected chi connectivity index (χ1v) is 8.48. The van der Waals surface area contributed by atoms with Gasteiger partial charge in [0.15, 0.2) is 0 Å². The van der Waals surface area contributed by atoms with Crippen LogP contribution in [0.3, 0.4) is 0 Å². The van der Waals surface area contributed by atoms with Crippen LogP contribution < -0.4 is 0 Å². The minimum atomic E-state index is -1.03. The fraction of sp³-hybridized carbons (Fsp3) is 0.231. The molecule has 0 N–H and O–H groups in total. The Hall–Kier alpha value is -0.620. The summed E-state index contributed by atoms with van der Waals surface area (Å²) >= 11 is 3.45. The molecule has 1 heterocycles. The monoisotopic (exact) mass is 297 g/mol. The summed E-state index contributed by atoms with van der Waals surface area (Å²) in [5, 5.41) is 1.98. The molecule has 0 bridgehead atoms. The first-order valence-electron chi connectivity index (χ1n) is 5.51. The SMILES string of the molecule is CN(C)S(=O)c1csc(SCc2ccccc2)c1. The van der Waals surface area contributed by atoms with Crippen LogP contribution in [-0.4, -0.2) is 22.6 Å². The maximum atomic E-state index is 11.9. The van der Waals surface area contributed by atoms with Gasteiger partial charge in [-0.05, 0) is 25.7 Å². The highest BCUT2D eigenvalue weighted by Gasteiger charge is 2.09. The molecule has 1 atom stereocenters. The van der Waals surface area contributed by atoms with Crippen LogP contribution in [0.25, 0.3) is 0 Å². The second kappa shape index (κ2) is 6.52. The van der Waals surface area contributed by atoms with Crippen molar-refractivity contribution in [1.82, 2.24) is 4.31 Å². The van der Waals surface area contributed by atoms with Crippen LogP contribution in [0, 0.1) is 0 Å². The number of benzene rings is 1. The smallest absolute Gasteiger partial charge is 0.127 e. The van der Waals surface area contributed by atoms with E-state index < -0.39 is 11.0 Å². The molecule has 2 aromatic rings. The molecule has 5 heteroatoms. The van der Waals surface area contributed by atoms with Gasteiger partial charge in [0, 0.05) is 11.1 Å². The van der Waals surface area contributed by atoms with Gasteiger partial charge >= 0.3 is 0 Å². The Morgan fingerprint density at radius 3 is 2.67 bits per heavy atom. The van der Waals surface area contributed by atoms with E-state index in [1.807, 2.05) is 31.6 Å². The van der Waals surface area contributed by atoms with Crippen molar-refractivity contribution in [3.63, 3.8) is 0 Å². The molecule has 0 radical (unpaired) electrons. The first-order chi connectivity index (χ1) is 8.66. The number of hydrogen-bond acceptors (Lipinski definition) is 3. The molecule has 0 fully saturated rings. The summed E-state index contributed by atoms with van der Waals surface area (Å²) in [7, 11) is 2.62. The second-order valence-corrected chi connectivity index (χ2v) is 7.82. The minimum absolute atomic E-state index is 0.889. The van der Waals surface area contributed by atoms with Crippen molar-refractivity contribution >= 4 is 34.1 Å². The highest BCUT2D eigenvalue weighted by molar-refractivity contribution is 8.00. The van der Waals surface area contributed by atoms with Crippen LogP contribution >= 0.6 is 23.1 Å². The average Bonchev–Trinajstić information content (AvgIpc) is 2.85. The lowest BCUT2D eigenvalue weighted by Gasteiger charge is -2.05. The Morgan fingerprint density at radius 1 is 1.28 bits per heavy atom. The minimum Gasteiger partial charge on any atom is -0.237 e. The molecule has 96 valence electrons. The van der Waals surface area contributed by atoms with Crippen LogP contribution in [0.5, 0.6) is 0 Å². The topological polar surface area (TPSA) is 20.3 Å². The molecular weight excluding hydrogens is 282 g/mol. The van der Waals surface area contributed by atoms with Gasteiger partial charge in [0.1, 0.15) is 11.0 Å². The zero-order chi connectivity index (χ0) is 13.0. The Bertz CT molecular complexity index is 522. The van der Waals surface area contributed by atoms with E-state index in [0.29, 0.717) is 0 Å². The highest BCUT2D eigenvalue weighted by atomic mass is 32.2. The molecule has 2 rings (SSSR count). The van der Waals surface area contributed by atoms with Crippen molar-refractivity contribution in [2.45, 2.75) is 14.9 Å². The van der Waals surface area contributed by atoms with Gasteiger partial charge in [-0.2, -0.15) is 0 Å². The van der Waals surface area contributed by atoms with Crippen molar-refractivity contribution < 1.29 is 4.21 Å². The van der Waals surface area contributed by atoms with E-state index in [-0.39, 0.29) is 0 Å².